The molecule has 1 aliphatic rings. The number of carbonyl (C=O) groups is 3. The second kappa shape index (κ2) is 6.22. The quantitative estimate of drug-likeness (QED) is 0.612. The summed E-state index contributed by atoms with van der Waals surface area (Å²) >= 11 is 0. The maximum atomic E-state index is 11.7. The van der Waals surface area contributed by atoms with E-state index in [-0.39, 0.29) is 5.91 Å². The van der Waals surface area contributed by atoms with Gasteiger partial charge in [-0.1, -0.05) is 19.8 Å². The molecule has 0 aromatic carbocycles. The third-order valence-corrected chi connectivity index (χ3v) is 2.77. The van der Waals surface area contributed by atoms with Crippen LogP contribution in [0.3, 0.4) is 0 Å². The van der Waals surface area contributed by atoms with E-state index in [4.69, 9.17) is 5.11 Å². The lowest BCUT2D eigenvalue weighted by Gasteiger charge is -2.17. The second-order valence-electron chi connectivity index (χ2n) is 4.20. The van der Waals surface area contributed by atoms with Crippen molar-refractivity contribution in [3.8, 4) is 0 Å². The fourth-order valence-corrected chi connectivity index (χ4v) is 1.75. The van der Waals surface area contributed by atoms with Crippen LogP contribution < -0.4 is 10.6 Å². The molecule has 1 aliphatic heterocycles. The van der Waals surface area contributed by atoms with Crippen molar-refractivity contribution < 1.29 is 19.5 Å². The third-order valence-electron chi connectivity index (χ3n) is 2.77. The Hall–Kier alpha value is -1.59. The van der Waals surface area contributed by atoms with Crippen molar-refractivity contribution in [2.45, 2.75) is 51.1 Å². The summed E-state index contributed by atoms with van der Waals surface area (Å²) in [6.45, 7) is 1.96. The first kappa shape index (κ1) is 13.5. The number of carboxylic acids is 1. The Labute approximate surface area is 99.8 Å². The molecule has 1 rings (SSSR count). The molecule has 1 fully saturated rings. The summed E-state index contributed by atoms with van der Waals surface area (Å²) in [6, 6.07) is -1.44. The lowest BCUT2D eigenvalue weighted by Crippen LogP contribution is -2.48. The van der Waals surface area contributed by atoms with Crippen molar-refractivity contribution in [1.82, 2.24) is 10.6 Å². The Bertz CT molecular complexity index is 317. The lowest BCUT2D eigenvalue weighted by molar-refractivity contribution is -0.142. The van der Waals surface area contributed by atoms with Crippen LogP contribution in [0.25, 0.3) is 0 Å². The average Bonchev–Trinajstić information content (AvgIpc) is 2.70. The van der Waals surface area contributed by atoms with Gasteiger partial charge in [-0.2, -0.15) is 0 Å². The highest BCUT2D eigenvalue weighted by Crippen LogP contribution is 2.08. The molecule has 0 radical (unpaired) electrons. The number of carboxylic acid groups (broad SMARTS) is 1. The van der Waals surface area contributed by atoms with Crippen molar-refractivity contribution in [3.63, 3.8) is 0 Å². The van der Waals surface area contributed by atoms with E-state index in [2.05, 4.69) is 10.6 Å². The topological polar surface area (TPSA) is 95.5 Å². The summed E-state index contributed by atoms with van der Waals surface area (Å²) in [4.78, 5) is 33.5. The van der Waals surface area contributed by atoms with Crippen LogP contribution in [0.15, 0.2) is 0 Å². The maximum Gasteiger partial charge on any atom is 0.326 e. The van der Waals surface area contributed by atoms with Gasteiger partial charge in [0.15, 0.2) is 0 Å². The Balaban J connectivity index is 2.46. The largest absolute Gasteiger partial charge is 0.480 e. The molecule has 1 heterocycles. The van der Waals surface area contributed by atoms with E-state index in [1.165, 1.54) is 0 Å². The van der Waals surface area contributed by atoms with E-state index < -0.39 is 24.0 Å². The first-order chi connectivity index (χ1) is 8.04. The highest BCUT2D eigenvalue weighted by atomic mass is 16.4. The molecule has 17 heavy (non-hydrogen) atoms. The van der Waals surface area contributed by atoms with Gasteiger partial charge in [0.25, 0.3) is 0 Å². The van der Waals surface area contributed by atoms with Crippen LogP contribution in [-0.2, 0) is 14.4 Å². The highest BCUT2D eigenvalue weighted by molar-refractivity contribution is 5.92. The highest BCUT2D eigenvalue weighted by Gasteiger charge is 2.29. The number of hydrogen-bond acceptors (Lipinski definition) is 3. The van der Waals surface area contributed by atoms with Crippen molar-refractivity contribution in [1.29, 1.82) is 0 Å². The van der Waals surface area contributed by atoms with Crippen LogP contribution in [0.2, 0.25) is 0 Å². The Morgan fingerprint density at radius 1 is 1.59 bits per heavy atom. The molecule has 1 unspecified atom stereocenters. The van der Waals surface area contributed by atoms with Crippen LogP contribution in [0.4, 0.5) is 0 Å². The first-order valence-corrected chi connectivity index (χ1v) is 5.87. The molecule has 0 aromatic rings. The maximum absolute atomic E-state index is 11.7. The minimum Gasteiger partial charge on any atom is -0.480 e. The van der Waals surface area contributed by atoms with E-state index in [9.17, 15) is 14.4 Å². The molecule has 0 aliphatic carbocycles. The van der Waals surface area contributed by atoms with Gasteiger partial charge < -0.3 is 15.7 Å². The van der Waals surface area contributed by atoms with Gasteiger partial charge in [-0.3, -0.25) is 9.59 Å². The fourth-order valence-electron chi connectivity index (χ4n) is 1.75. The molecule has 0 spiro atoms. The molecule has 0 aromatic heterocycles. The number of rotatable bonds is 6. The van der Waals surface area contributed by atoms with Gasteiger partial charge in [0, 0.05) is 6.42 Å². The van der Waals surface area contributed by atoms with Crippen molar-refractivity contribution >= 4 is 17.8 Å². The van der Waals surface area contributed by atoms with E-state index in [0.29, 0.717) is 19.3 Å². The fraction of sp³-hybridized carbons (Fsp3) is 0.727. The molecule has 0 saturated carbocycles. The molecule has 6 heteroatoms. The molecule has 2 atom stereocenters. The third kappa shape index (κ3) is 4.05. The number of aliphatic carboxylic acids is 1. The molecule has 96 valence electrons. The minimum atomic E-state index is -1.03. The van der Waals surface area contributed by atoms with Crippen LogP contribution >= 0.6 is 0 Å². The predicted octanol–water partition coefficient (Wildman–Crippen LogP) is 0.0246. The van der Waals surface area contributed by atoms with E-state index in [1.807, 2.05) is 6.92 Å². The van der Waals surface area contributed by atoms with Gasteiger partial charge in [-0.25, -0.2) is 4.79 Å². The predicted molar refractivity (Wildman–Crippen MR) is 60.3 cm³/mol. The van der Waals surface area contributed by atoms with Gasteiger partial charge in [0.2, 0.25) is 11.8 Å². The van der Waals surface area contributed by atoms with Crippen LogP contribution in [0.5, 0.6) is 0 Å². The molecule has 6 nitrogen and oxygen atoms in total. The normalized spacial score (nSPS) is 20.8. The Morgan fingerprint density at radius 3 is 2.76 bits per heavy atom. The van der Waals surface area contributed by atoms with Crippen molar-refractivity contribution in [2.24, 2.45) is 0 Å². The number of unbranched alkanes of at least 4 members (excludes halogenated alkanes) is 1. The smallest absolute Gasteiger partial charge is 0.326 e. The molecular formula is C11H18N2O4. The van der Waals surface area contributed by atoms with Gasteiger partial charge in [-0.15, -0.1) is 0 Å². The lowest BCUT2D eigenvalue weighted by atomic mass is 10.1. The van der Waals surface area contributed by atoms with Gasteiger partial charge in [-0.05, 0) is 12.8 Å². The molecule has 1 saturated heterocycles. The van der Waals surface area contributed by atoms with Crippen LogP contribution in [-0.4, -0.2) is 35.0 Å². The van der Waals surface area contributed by atoms with E-state index in [0.717, 1.165) is 12.8 Å². The van der Waals surface area contributed by atoms with Crippen molar-refractivity contribution in [2.75, 3.05) is 0 Å². The molecule has 2 amide bonds. The zero-order chi connectivity index (χ0) is 12.8. The number of amides is 2. The summed E-state index contributed by atoms with van der Waals surface area (Å²) in [6.07, 6.45) is 2.79. The van der Waals surface area contributed by atoms with Gasteiger partial charge in [0.1, 0.15) is 12.1 Å². The van der Waals surface area contributed by atoms with Crippen LogP contribution in [0, 0.1) is 0 Å². The average molecular weight is 242 g/mol. The zero-order valence-corrected chi connectivity index (χ0v) is 9.86. The van der Waals surface area contributed by atoms with Gasteiger partial charge in [0.05, 0.1) is 0 Å². The Kier molecular flexibility index (Phi) is 4.93. The van der Waals surface area contributed by atoms with E-state index >= 15 is 0 Å². The second-order valence-corrected chi connectivity index (χ2v) is 4.20. The SMILES string of the molecule is CCCCC(NC(=O)[C@H]1CCC(=O)N1)C(=O)O. The number of hydrogen-bond donors (Lipinski definition) is 3. The summed E-state index contributed by atoms with van der Waals surface area (Å²) in [5, 5.41) is 13.9. The Morgan fingerprint density at radius 2 is 2.29 bits per heavy atom. The standard InChI is InChI=1S/C11H18N2O4/c1-2-3-4-8(11(16)17)13-10(15)7-5-6-9(14)12-7/h7-8H,2-6H2,1H3,(H,12,14)(H,13,15)(H,16,17)/t7-,8?/m1/s1. The summed E-state index contributed by atoms with van der Waals surface area (Å²) in [7, 11) is 0. The molecule has 0 bridgehead atoms. The molecular weight excluding hydrogens is 224 g/mol. The summed E-state index contributed by atoms with van der Waals surface area (Å²) < 4.78 is 0. The van der Waals surface area contributed by atoms with Gasteiger partial charge >= 0.3 is 5.97 Å². The molecule has 3 N–H and O–H groups in total. The number of carbonyl (C=O) groups excluding carboxylic acids is 2. The first-order valence-electron chi connectivity index (χ1n) is 5.87. The minimum absolute atomic E-state index is 0.161. The summed E-state index contributed by atoms with van der Waals surface area (Å²) in [5.41, 5.74) is 0. The van der Waals surface area contributed by atoms with Crippen LogP contribution in [0.1, 0.15) is 39.0 Å². The van der Waals surface area contributed by atoms with Crippen molar-refractivity contribution in [3.05, 3.63) is 0 Å². The monoisotopic (exact) mass is 242 g/mol. The zero-order valence-electron chi connectivity index (χ0n) is 9.86. The summed E-state index contributed by atoms with van der Waals surface area (Å²) in [5.74, 6) is -1.60. The number of nitrogens with one attached hydrogen (secondary N) is 2. The van der Waals surface area contributed by atoms with E-state index in [1.54, 1.807) is 0 Å².